The summed E-state index contributed by atoms with van der Waals surface area (Å²) in [6.07, 6.45) is 1.10. The van der Waals surface area contributed by atoms with E-state index in [4.69, 9.17) is 28.4 Å². The number of nitrogens with zero attached hydrogens (tertiary/aromatic N) is 8. The van der Waals surface area contributed by atoms with Gasteiger partial charge in [0.25, 0.3) is 11.8 Å². The van der Waals surface area contributed by atoms with Crippen LogP contribution >= 0.6 is 0 Å². The van der Waals surface area contributed by atoms with Crippen molar-refractivity contribution in [1.82, 2.24) is 50.3 Å². The lowest BCUT2D eigenvalue weighted by Gasteiger charge is -2.34. The quantitative estimate of drug-likeness (QED) is 0.0288. The van der Waals surface area contributed by atoms with Crippen LogP contribution in [0.15, 0.2) is 85.1 Å². The number of fused-ring (bicyclic) bond motifs is 1. The third-order valence-corrected chi connectivity index (χ3v) is 15.7. The lowest BCUT2D eigenvalue weighted by Crippen LogP contribution is -2.52. The van der Waals surface area contributed by atoms with Crippen molar-refractivity contribution in [2.24, 2.45) is 0 Å². The summed E-state index contributed by atoms with van der Waals surface area (Å²) < 4.78 is 63.5. The van der Waals surface area contributed by atoms with E-state index in [9.17, 15) is 52.4 Å². The molecule has 5 amide bonds. The topological polar surface area (TPSA) is 284 Å². The smallest absolute Gasteiger partial charge is 0.410 e. The van der Waals surface area contributed by atoms with Gasteiger partial charge in [0.2, 0.25) is 17.7 Å². The fourth-order valence-electron chi connectivity index (χ4n) is 11.1. The molecule has 25 nitrogen and oxygen atoms in total. The highest BCUT2D eigenvalue weighted by Crippen LogP contribution is 2.32. The maximum atomic E-state index is 14.7. The van der Waals surface area contributed by atoms with Crippen LogP contribution in [0.5, 0.6) is 11.5 Å². The number of esters is 3. The molecule has 27 heteroatoms. The van der Waals surface area contributed by atoms with Crippen LogP contribution in [0.1, 0.15) is 130 Å². The van der Waals surface area contributed by atoms with E-state index in [-0.39, 0.29) is 76.7 Å². The number of alkyl halides is 2. The summed E-state index contributed by atoms with van der Waals surface area (Å²) in [7, 11) is 0. The second-order valence-electron chi connectivity index (χ2n) is 29.2. The molecule has 0 unspecified atom stereocenters. The molecule has 0 bridgehead atoms. The Morgan fingerprint density at radius 2 is 1.12 bits per heavy atom. The van der Waals surface area contributed by atoms with Gasteiger partial charge in [0.15, 0.2) is 0 Å². The number of amides is 5. The number of benzene rings is 3. The normalized spacial score (nSPS) is 16.5. The number of likely N-dealkylation sites (tertiary alicyclic amines) is 1. The van der Waals surface area contributed by atoms with Crippen LogP contribution in [-0.2, 0) is 60.7 Å². The first kappa shape index (κ1) is 80.4. The van der Waals surface area contributed by atoms with Crippen molar-refractivity contribution in [2.45, 2.75) is 162 Å². The van der Waals surface area contributed by atoms with Crippen LogP contribution in [-0.4, -0.2) is 240 Å². The summed E-state index contributed by atoms with van der Waals surface area (Å²) in [5.74, 6) is -5.73. The number of unbranched alkanes of at least 4 members (excludes halogenated alkanes) is 1. The fraction of sp³-hybridized carbons (Fsp3) is 0.589. The van der Waals surface area contributed by atoms with Gasteiger partial charge in [-0.05, 0) is 150 Å². The van der Waals surface area contributed by atoms with Crippen LogP contribution < -0.4 is 25.4 Å². The van der Waals surface area contributed by atoms with E-state index in [0.717, 1.165) is 16.0 Å². The van der Waals surface area contributed by atoms with E-state index >= 15 is 0 Å². The summed E-state index contributed by atoms with van der Waals surface area (Å²) in [6, 6.07) is 22.6. The van der Waals surface area contributed by atoms with Crippen LogP contribution in [0.4, 0.5) is 13.6 Å². The van der Waals surface area contributed by atoms with Crippen molar-refractivity contribution in [3.63, 3.8) is 0 Å². The highest BCUT2D eigenvalue weighted by Gasteiger charge is 2.47. The Bertz CT molecular complexity index is 3370. The van der Waals surface area contributed by atoms with Gasteiger partial charge in [0.05, 0.1) is 63.0 Å². The van der Waals surface area contributed by atoms with E-state index < -0.39 is 102 Å². The number of aromatic nitrogens is 1. The number of pyridine rings is 1. The molecule has 3 N–H and O–H groups in total. The van der Waals surface area contributed by atoms with Crippen molar-refractivity contribution in [1.29, 1.82) is 5.26 Å². The second-order valence-corrected chi connectivity index (χ2v) is 29.2. The van der Waals surface area contributed by atoms with Gasteiger partial charge in [-0.2, -0.15) is 5.26 Å². The minimum Gasteiger partial charge on any atom is -0.494 e. The average Bonchev–Trinajstić information content (AvgIpc) is 1.03. The van der Waals surface area contributed by atoms with Crippen LogP contribution in [0, 0.1) is 11.3 Å². The first-order valence-corrected chi connectivity index (χ1v) is 34.2. The van der Waals surface area contributed by atoms with Gasteiger partial charge in [0, 0.05) is 96.4 Å². The van der Waals surface area contributed by atoms with E-state index in [2.05, 4.69) is 20.9 Å². The molecule has 548 valence electrons. The average molecular weight is 1400 g/mol. The standard InChI is InChI=1S/C73H103F2N11O14/c1-69(2,3)97-63(89)47-82-34-32-81(33-35-83(48-64(90)98-70(4,5)6)37-39-84(38-36-82)49-65(91)99-71(7,8)9)46-61(87)78-28-16-17-29-79-67(93)60(41-52-21-23-55(24-22-52)96-50-53-19-14-13-15-20-53)85(68(94)100-72(10,11)12)31-18-40-95-56-25-26-59-58(42-56)57(27-30-77-59)66(92)80-45-62(88)86-51-73(74,75)43-54(86)44-76/h13-15,19-27,30,42,54,60H,16-18,28-29,31-41,43,45-51H2,1-12H3,(H,78,87)(H,79,93)(H,80,92)/t54-,60-/m1/s1. The summed E-state index contributed by atoms with van der Waals surface area (Å²) >= 11 is 0. The monoisotopic (exact) mass is 1400 g/mol. The summed E-state index contributed by atoms with van der Waals surface area (Å²) in [4.78, 5) is 123. The number of halogens is 2. The molecule has 100 heavy (non-hydrogen) atoms. The Morgan fingerprint density at radius 3 is 1.64 bits per heavy atom. The zero-order valence-corrected chi connectivity index (χ0v) is 60.3. The molecule has 0 spiro atoms. The van der Waals surface area contributed by atoms with Crippen molar-refractivity contribution in [3.8, 4) is 17.6 Å². The molecule has 6 rings (SSSR count). The number of nitrogens with one attached hydrogen (secondary N) is 3. The zero-order chi connectivity index (χ0) is 73.4. The van der Waals surface area contributed by atoms with Gasteiger partial charge in [-0.3, -0.25) is 63.0 Å². The third kappa shape index (κ3) is 29.3. The molecule has 2 atom stereocenters. The molecule has 0 radical (unpaired) electrons. The number of carbonyl (C=O) groups is 8. The summed E-state index contributed by atoms with van der Waals surface area (Å²) in [6.45, 7) is 23.7. The molecule has 2 aliphatic heterocycles. The molecular formula is C73H103F2N11O14. The van der Waals surface area contributed by atoms with Crippen LogP contribution in [0.3, 0.4) is 0 Å². The Hall–Kier alpha value is -8.58. The maximum Gasteiger partial charge on any atom is 0.410 e. The Kier molecular flexibility index (Phi) is 29.9. The molecule has 2 aliphatic rings. The molecule has 0 saturated carbocycles. The third-order valence-electron chi connectivity index (χ3n) is 15.7. The fourth-order valence-corrected chi connectivity index (χ4v) is 11.1. The highest BCUT2D eigenvalue weighted by molar-refractivity contribution is 6.07. The van der Waals surface area contributed by atoms with Crippen molar-refractivity contribution < 1.29 is 75.6 Å². The first-order chi connectivity index (χ1) is 47.0. The molecule has 0 aliphatic carbocycles. The number of hydrogen-bond donors (Lipinski definition) is 3. The number of rotatable bonds is 28. The lowest BCUT2D eigenvalue weighted by molar-refractivity contribution is -0.158. The van der Waals surface area contributed by atoms with E-state index in [0.29, 0.717) is 94.2 Å². The molecule has 3 heterocycles. The molecule has 2 fully saturated rings. The Morgan fingerprint density at radius 1 is 0.610 bits per heavy atom. The number of nitriles is 1. The Balaban J connectivity index is 1.12. The SMILES string of the molecule is CC(C)(C)OC(=O)CN1CCN(CC(=O)NCCCCNC(=O)[C@@H](Cc2ccc(OCc3ccccc3)cc2)N(CCCOc2ccc3nccc(C(=O)NCC(=O)N4CC(F)(F)C[C@@H]4C#N)c3c2)C(=O)OC(C)(C)C)CCN(CC(=O)OC(C)(C)C)CCN(CC(=O)OC(C)(C)C)CC1. The van der Waals surface area contributed by atoms with Gasteiger partial charge in [-0.25, -0.2) is 13.6 Å². The van der Waals surface area contributed by atoms with E-state index in [1.807, 2.05) is 62.1 Å². The first-order valence-electron chi connectivity index (χ1n) is 34.2. The van der Waals surface area contributed by atoms with E-state index in [1.54, 1.807) is 119 Å². The minimum atomic E-state index is -3.22. The largest absolute Gasteiger partial charge is 0.494 e. The Labute approximate surface area is 586 Å². The predicted molar refractivity (Wildman–Crippen MR) is 371 cm³/mol. The molecule has 2 saturated heterocycles. The predicted octanol–water partition coefficient (Wildman–Crippen LogP) is 7.18. The van der Waals surface area contributed by atoms with Gasteiger partial charge in [0.1, 0.15) is 52.6 Å². The maximum absolute atomic E-state index is 14.7. The molecule has 4 aromatic rings. The molecule has 1 aromatic heterocycles. The van der Waals surface area contributed by atoms with Crippen LogP contribution in [0.2, 0.25) is 0 Å². The highest BCUT2D eigenvalue weighted by atomic mass is 19.3. The van der Waals surface area contributed by atoms with Gasteiger partial charge >= 0.3 is 24.0 Å². The van der Waals surface area contributed by atoms with Crippen LogP contribution in [0.25, 0.3) is 10.9 Å². The van der Waals surface area contributed by atoms with Crippen molar-refractivity contribution in [2.75, 3.05) is 118 Å². The number of carbonyl (C=O) groups excluding carboxylic acids is 8. The van der Waals surface area contributed by atoms with Gasteiger partial charge in [-0.15, -0.1) is 0 Å². The minimum absolute atomic E-state index is 0.000930. The lowest BCUT2D eigenvalue weighted by atomic mass is 10.0. The zero-order valence-electron chi connectivity index (χ0n) is 60.3. The second kappa shape index (κ2) is 37.2. The van der Waals surface area contributed by atoms with Crippen molar-refractivity contribution in [3.05, 3.63) is 102 Å². The van der Waals surface area contributed by atoms with Gasteiger partial charge < -0.3 is 49.3 Å². The van der Waals surface area contributed by atoms with Crippen molar-refractivity contribution >= 4 is 58.5 Å². The van der Waals surface area contributed by atoms with E-state index in [1.165, 1.54) is 17.2 Å². The molecule has 3 aromatic carbocycles. The summed E-state index contributed by atoms with van der Waals surface area (Å²) in [5.41, 5.74) is -0.833. The van der Waals surface area contributed by atoms with Gasteiger partial charge in [-0.1, -0.05) is 42.5 Å². The summed E-state index contributed by atoms with van der Waals surface area (Å²) in [5, 5.41) is 18.3. The molecular weight excluding hydrogens is 1290 g/mol. The number of ether oxygens (including phenoxy) is 6. The number of hydrogen-bond acceptors (Lipinski definition) is 20.